The second-order valence-corrected chi connectivity index (χ2v) is 2.86. The number of nitrogens with two attached hydrogens (primary N) is 1. The fourth-order valence-corrected chi connectivity index (χ4v) is 1.24. The number of carbonyl (C=O) groups excluding carboxylic acids is 1. The molecule has 1 atom stereocenters. The van der Waals surface area contributed by atoms with E-state index >= 15 is 0 Å². The molecule has 4 nitrogen and oxygen atoms in total. The molecule has 0 saturated carbocycles. The number of rotatable bonds is 3. The predicted molar refractivity (Wildman–Crippen MR) is 59.1 cm³/mol. The topological polar surface area (TPSA) is 61.5 Å². The third-order valence-electron chi connectivity index (χ3n) is 2.00. The Hall–Kier alpha value is -1.33. The van der Waals surface area contributed by atoms with Crippen LogP contribution in [-0.4, -0.2) is 20.2 Å². The van der Waals surface area contributed by atoms with E-state index in [0.29, 0.717) is 0 Å². The Labute approximate surface area is 98.9 Å². The average molecular weight is 250 g/mol. The number of ether oxygens (including phenoxy) is 2. The van der Waals surface area contributed by atoms with E-state index in [1.165, 1.54) is 32.4 Å². The molecule has 0 bridgehead atoms. The highest BCUT2D eigenvalue weighted by Gasteiger charge is 2.23. The van der Waals surface area contributed by atoms with Crippen molar-refractivity contribution in [2.75, 3.05) is 14.2 Å². The molecule has 6 heteroatoms. The number of methoxy groups -OCH3 is 2. The van der Waals surface area contributed by atoms with Crippen LogP contribution in [0.4, 0.5) is 4.39 Å². The molecule has 0 aromatic heterocycles. The van der Waals surface area contributed by atoms with Crippen molar-refractivity contribution >= 4 is 18.4 Å². The van der Waals surface area contributed by atoms with Gasteiger partial charge in [0.1, 0.15) is 17.6 Å². The highest BCUT2D eigenvalue weighted by Crippen LogP contribution is 2.26. The maximum absolute atomic E-state index is 13.4. The Morgan fingerprint density at radius 2 is 2.06 bits per heavy atom. The molecule has 0 amide bonds. The molecular weight excluding hydrogens is 237 g/mol. The van der Waals surface area contributed by atoms with Gasteiger partial charge in [0.15, 0.2) is 0 Å². The number of halogens is 2. The largest absolute Gasteiger partial charge is 0.496 e. The molecule has 0 heterocycles. The highest BCUT2D eigenvalue weighted by molar-refractivity contribution is 5.85. The maximum Gasteiger partial charge on any atom is 0.327 e. The van der Waals surface area contributed by atoms with Crippen LogP contribution in [0.15, 0.2) is 18.2 Å². The molecule has 1 aromatic rings. The van der Waals surface area contributed by atoms with Crippen molar-refractivity contribution in [1.82, 2.24) is 0 Å². The summed E-state index contributed by atoms with van der Waals surface area (Å²) in [4.78, 5) is 11.2. The van der Waals surface area contributed by atoms with Crippen LogP contribution in [0, 0.1) is 5.82 Å². The number of benzene rings is 1. The Kier molecular flexibility index (Phi) is 5.77. The Morgan fingerprint density at radius 1 is 1.44 bits per heavy atom. The van der Waals surface area contributed by atoms with Gasteiger partial charge in [0.25, 0.3) is 0 Å². The molecule has 0 aliphatic rings. The van der Waals surface area contributed by atoms with Crippen LogP contribution in [0.3, 0.4) is 0 Å². The van der Waals surface area contributed by atoms with Crippen molar-refractivity contribution in [2.45, 2.75) is 6.04 Å². The quantitative estimate of drug-likeness (QED) is 0.824. The molecule has 0 fully saturated rings. The van der Waals surface area contributed by atoms with Crippen LogP contribution >= 0.6 is 12.4 Å². The Bertz CT molecular complexity index is 373. The first kappa shape index (κ1) is 14.7. The van der Waals surface area contributed by atoms with Gasteiger partial charge in [-0.3, -0.25) is 4.79 Å². The highest BCUT2D eigenvalue weighted by atomic mass is 35.5. The SMILES string of the molecule is COC(=O)[C@@H](N)c1c(F)cccc1OC.Cl. The van der Waals surface area contributed by atoms with E-state index in [9.17, 15) is 9.18 Å². The molecule has 90 valence electrons. The zero-order valence-electron chi connectivity index (χ0n) is 8.90. The van der Waals surface area contributed by atoms with Gasteiger partial charge < -0.3 is 15.2 Å². The second-order valence-electron chi connectivity index (χ2n) is 2.86. The van der Waals surface area contributed by atoms with Crippen LogP contribution in [-0.2, 0) is 9.53 Å². The first-order valence-corrected chi connectivity index (χ1v) is 4.27. The van der Waals surface area contributed by atoms with E-state index in [1.807, 2.05) is 0 Å². The second kappa shape index (κ2) is 6.30. The first-order chi connectivity index (χ1) is 7.11. The molecule has 1 rings (SSSR count). The number of hydrogen-bond acceptors (Lipinski definition) is 4. The van der Waals surface area contributed by atoms with Gasteiger partial charge in [-0.05, 0) is 12.1 Å². The maximum atomic E-state index is 13.4. The summed E-state index contributed by atoms with van der Waals surface area (Å²) in [5.74, 6) is -1.07. The molecule has 0 unspecified atom stereocenters. The van der Waals surface area contributed by atoms with Crippen LogP contribution in [0.1, 0.15) is 11.6 Å². The summed E-state index contributed by atoms with van der Waals surface area (Å²) in [6.07, 6.45) is 0. The molecule has 0 radical (unpaired) electrons. The summed E-state index contributed by atoms with van der Waals surface area (Å²) in [6.45, 7) is 0. The molecule has 0 aliphatic carbocycles. The van der Waals surface area contributed by atoms with Gasteiger partial charge in [-0.25, -0.2) is 4.39 Å². The summed E-state index contributed by atoms with van der Waals surface area (Å²) >= 11 is 0. The minimum atomic E-state index is -1.17. The third-order valence-corrected chi connectivity index (χ3v) is 2.00. The van der Waals surface area contributed by atoms with E-state index in [-0.39, 0.29) is 23.7 Å². The molecule has 0 saturated heterocycles. The molecule has 0 spiro atoms. The fraction of sp³-hybridized carbons (Fsp3) is 0.300. The lowest BCUT2D eigenvalue weighted by Crippen LogP contribution is -2.24. The van der Waals surface area contributed by atoms with E-state index in [2.05, 4.69) is 4.74 Å². The van der Waals surface area contributed by atoms with Crippen LogP contribution in [0.2, 0.25) is 0 Å². The Balaban J connectivity index is 0.00000225. The standard InChI is InChI=1S/C10H12FNO3.ClH/c1-14-7-5-3-4-6(11)8(7)9(12)10(13)15-2;/h3-5,9H,12H2,1-2H3;1H/t9-;/m0./s1. The van der Waals surface area contributed by atoms with Crippen molar-refractivity contribution in [3.8, 4) is 5.75 Å². The van der Waals surface area contributed by atoms with Gasteiger partial charge in [0.05, 0.1) is 19.8 Å². The lowest BCUT2D eigenvalue weighted by Gasteiger charge is -2.14. The molecule has 1 aromatic carbocycles. The van der Waals surface area contributed by atoms with Gasteiger partial charge in [0, 0.05) is 0 Å². The lowest BCUT2D eigenvalue weighted by atomic mass is 10.1. The predicted octanol–water partition coefficient (Wildman–Crippen LogP) is 1.43. The van der Waals surface area contributed by atoms with Gasteiger partial charge >= 0.3 is 5.97 Å². The minimum absolute atomic E-state index is 0. The van der Waals surface area contributed by atoms with Crippen LogP contribution in [0.5, 0.6) is 5.75 Å². The summed E-state index contributed by atoms with van der Waals surface area (Å²) in [7, 11) is 2.57. The van der Waals surface area contributed by atoms with E-state index in [0.717, 1.165) is 0 Å². The van der Waals surface area contributed by atoms with E-state index in [4.69, 9.17) is 10.5 Å². The minimum Gasteiger partial charge on any atom is -0.496 e. The Morgan fingerprint density at radius 3 is 2.56 bits per heavy atom. The first-order valence-electron chi connectivity index (χ1n) is 4.27. The lowest BCUT2D eigenvalue weighted by molar-refractivity contribution is -0.142. The summed E-state index contributed by atoms with van der Waals surface area (Å²) in [5.41, 5.74) is 5.54. The average Bonchev–Trinajstić information content (AvgIpc) is 2.26. The summed E-state index contributed by atoms with van der Waals surface area (Å²) < 4.78 is 22.8. The monoisotopic (exact) mass is 249 g/mol. The van der Waals surface area contributed by atoms with Gasteiger partial charge in [-0.2, -0.15) is 0 Å². The van der Waals surface area contributed by atoms with Gasteiger partial charge in [-0.15, -0.1) is 12.4 Å². The number of carbonyl (C=O) groups is 1. The van der Waals surface area contributed by atoms with Crippen LogP contribution < -0.4 is 10.5 Å². The molecule has 2 N–H and O–H groups in total. The van der Waals surface area contributed by atoms with Crippen LogP contribution in [0.25, 0.3) is 0 Å². The fourth-order valence-electron chi connectivity index (χ4n) is 1.24. The molecule has 16 heavy (non-hydrogen) atoms. The van der Waals surface area contributed by atoms with E-state index < -0.39 is 17.8 Å². The van der Waals surface area contributed by atoms with Gasteiger partial charge in [0.2, 0.25) is 0 Å². The zero-order valence-corrected chi connectivity index (χ0v) is 9.71. The van der Waals surface area contributed by atoms with Crippen molar-refractivity contribution in [3.05, 3.63) is 29.6 Å². The number of esters is 1. The normalized spacial score (nSPS) is 11.2. The van der Waals surface area contributed by atoms with Crippen molar-refractivity contribution in [3.63, 3.8) is 0 Å². The van der Waals surface area contributed by atoms with Crippen molar-refractivity contribution in [1.29, 1.82) is 0 Å². The third kappa shape index (κ3) is 2.84. The zero-order chi connectivity index (χ0) is 11.4. The van der Waals surface area contributed by atoms with E-state index in [1.54, 1.807) is 0 Å². The van der Waals surface area contributed by atoms with Crippen molar-refractivity contribution in [2.24, 2.45) is 5.73 Å². The molecule has 0 aliphatic heterocycles. The van der Waals surface area contributed by atoms with Gasteiger partial charge in [-0.1, -0.05) is 6.07 Å². The smallest absolute Gasteiger partial charge is 0.327 e. The molecular formula is C10H13ClFNO3. The number of hydrogen-bond donors (Lipinski definition) is 1. The summed E-state index contributed by atoms with van der Waals surface area (Å²) in [5, 5.41) is 0. The summed E-state index contributed by atoms with van der Waals surface area (Å²) in [6, 6.07) is 3.04. The van der Waals surface area contributed by atoms with Crippen molar-refractivity contribution < 1.29 is 18.7 Å².